The van der Waals surface area contributed by atoms with Crippen LogP contribution < -0.4 is 5.73 Å². The van der Waals surface area contributed by atoms with Crippen LogP contribution in [-0.2, 0) is 0 Å². The van der Waals surface area contributed by atoms with Gasteiger partial charge in [-0.25, -0.2) is 9.97 Å². The Labute approximate surface area is 156 Å². The maximum atomic E-state index is 13.3. The molecule has 0 radical (unpaired) electrons. The molecule has 0 spiro atoms. The molecule has 3 aromatic rings. The molecule has 2 aromatic heterocycles. The van der Waals surface area contributed by atoms with Gasteiger partial charge in [-0.2, -0.15) is 0 Å². The van der Waals surface area contributed by atoms with Crippen LogP contribution in [0.1, 0.15) is 47.2 Å². The van der Waals surface area contributed by atoms with Gasteiger partial charge in [-0.1, -0.05) is 30.3 Å². The third kappa shape index (κ3) is 3.05. The van der Waals surface area contributed by atoms with Gasteiger partial charge in [0.2, 0.25) is 0 Å². The van der Waals surface area contributed by atoms with Crippen LogP contribution in [0.15, 0.2) is 42.7 Å². The summed E-state index contributed by atoms with van der Waals surface area (Å²) < 4.78 is 1.57. The second-order valence-electron chi connectivity index (χ2n) is 6.89. The summed E-state index contributed by atoms with van der Waals surface area (Å²) in [6.07, 6.45) is 4.55. The minimum atomic E-state index is -0.667. The van der Waals surface area contributed by atoms with Crippen molar-refractivity contribution >= 4 is 17.5 Å². The van der Waals surface area contributed by atoms with Crippen molar-refractivity contribution in [2.24, 2.45) is 5.73 Å². The van der Waals surface area contributed by atoms with Crippen molar-refractivity contribution in [3.05, 3.63) is 54.1 Å². The first-order valence-corrected chi connectivity index (χ1v) is 9.10. The standard InChI is InChI=1S/C20H21N5O2/c1-13-7-5-6-10-24(13)20(27)16-11-15(14-8-3-2-4-9-14)23-19-17(18(21)26)22-12-25(16)19/h2-4,8-9,11-13H,5-7,10H2,1H3,(H2,21,26)/t13-/m0/s1. The molecular weight excluding hydrogens is 342 g/mol. The van der Waals surface area contributed by atoms with E-state index in [4.69, 9.17) is 5.73 Å². The molecule has 4 rings (SSSR count). The van der Waals surface area contributed by atoms with Gasteiger partial charge < -0.3 is 10.6 Å². The molecule has 2 N–H and O–H groups in total. The van der Waals surface area contributed by atoms with Crippen LogP contribution in [0.25, 0.3) is 16.9 Å². The third-order valence-electron chi connectivity index (χ3n) is 5.09. The van der Waals surface area contributed by atoms with Crippen LogP contribution in [0.2, 0.25) is 0 Å². The highest BCUT2D eigenvalue weighted by Crippen LogP contribution is 2.24. The van der Waals surface area contributed by atoms with Gasteiger partial charge in [-0.15, -0.1) is 0 Å². The maximum Gasteiger partial charge on any atom is 0.271 e. The predicted octanol–water partition coefficient (Wildman–Crippen LogP) is 2.51. The summed E-state index contributed by atoms with van der Waals surface area (Å²) in [5, 5.41) is 0. The number of amides is 2. The number of imidazole rings is 1. The number of likely N-dealkylation sites (tertiary alicyclic amines) is 1. The maximum absolute atomic E-state index is 13.3. The van der Waals surface area contributed by atoms with E-state index in [1.165, 1.54) is 6.33 Å². The lowest BCUT2D eigenvalue weighted by atomic mass is 10.0. The molecule has 7 heteroatoms. The van der Waals surface area contributed by atoms with E-state index in [2.05, 4.69) is 16.9 Å². The number of hydrogen-bond acceptors (Lipinski definition) is 4. The van der Waals surface area contributed by atoms with Crippen molar-refractivity contribution in [3.8, 4) is 11.3 Å². The molecule has 1 atom stereocenters. The van der Waals surface area contributed by atoms with Crippen molar-refractivity contribution in [2.75, 3.05) is 6.54 Å². The molecule has 3 heterocycles. The summed E-state index contributed by atoms with van der Waals surface area (Å²) in [7, 11) is 0. The number of piperidine rings is 1. The molecule has 7 nitrogen and oxygen atoms in total. The number of primary amides is 1. The summed E-state index contributed by atoms with van der Waals surface area (Å²) in [6, 6.07) is 11.5. The smallest absolute Gasteiger partial charge is 0.271 e. The second kappa shape index (κ2) is 6.83. The van der Waals surface area contributed by atoms with Gasteiger partial charge in [0.15, 0.2) is 11.3 Å². The topological polar surface area (TPSA) is 93.6 Å². The average Bonchev–Trinajstić information content (AvgIpc) is 3.12. The molecule has 1 aromatic carbocycles. The number of nitrogens with zero attached hydrogens (tertiary/aromatic N) is 4. The molecule has 1 saturated heterocycles. The monoisotopic (exact) mass is 363 g/mol. The minimum Gasteiger partial charge on any atom is -0.364 e. The van der Waals surface area contributed by atoms with Gasteiger partial charge in [0.25, 0.3) is 11.8 Å². The van der Waals surface area contributed by atoms with Gasteiger partial charge >= 0.3 is 0 Å². The number of hydrogen-bond donors (Lipinski definition) is 1. The van der Waals surface area contributed by atoms with E-state index < -0.39 is 5.91 Å². The molecular formula is C20H21N5O2. The average molecular weight is 363 g/mol. The Morgan fingerprint density at radius 2 is 1.96 bits per heavy atom. The second-order valence-corrected chi connectivity index (χ2v) is 6.89. The summed E-state index contributed by atoms with van der Waals surface area (Å²) in [4.78, 5) is 35.6. The van der Waals surface area contributed by atoms with Crippen molar-refractivity contribution in [2.45, 2.75) is 32.2 Å². The fourth-order valence-electron chi connectivity index (χ4n) is 3.61. The number of fused-ring (bicyclic) bond motifs is 1. The van der Waals surface area contributed by atoms with E-state index in [0.717, 1.165) is 31.4 Å². The lowest BCUT2D eigenvalue weighted by Gasteiger charge is -2.33. The first-order chi connectivity index (χ1) is 13.1. The van der Waals surface area contributed by atoms with Crippen LogP contribution in [0.5, 0.6) is 0 Å². The van der Waals surface area contributed by atoms with Crippen molar-refractivity contribution in [1.82, 2.24) is 19.3 Å². The van der Waals surface area contributed by atoms with Gasteiger partial charge in [0.05, 0.1) is 5.69 Å². The highest BCUT2D eigenvalue weighted by molar-refractivity contribution is 5.99. The van der Waals surface area contributed by atoms with E-state index in [1.54, 1.807) is 10.5 Å². The van der Waals surface area contributed by atoms with Crippen molar-refractivity contribution in [1.29, 1.82) is 0 Å². The van der Waals surface area contributed by atoms with Gasteiger partial charge in [-0.05, 0) is 32.3 Å². The number of aromatic nitrogens is 3. The van der Waals surface area contributed by atoms with E-state index >= 15 is 0 Å². The Bertz CT molecular complexity index is 1010. The Kier molecular flexibility index (Phi) is 4.35. The summed E-state index contributed by atoms with van der Waals surface area (Å²) in [5.74, 6) is -0.750. The molecule has 1 aliphatic heterocycles. The zero-order valence-electron chi connectivity index (χ0n) is 15.1. The Balaban J connectivity index is 1.90. The van der Waals surface area contributed by atoms with Crippen LogP contribution in [-0.4, -0.2) is 43.7 Å². The molecule has 27 heavy (non-hydrogen) atoms. The SMILES string of the molecule is C[C@H]1CCCCN1C(=O)c1cc(-c2ccccc2)nc2c(C(N)=O)ncn12. The lowest BCUT2D eigenvalue weighted by Crippen LogP contribution is -2.42. The van der Waals surface area contributed by atoms with Crippen molar-refractivity contribution < 1.29 is 9.59 Å². The van der Waals surface area contributed by atoms with E-state index in [-0.39, 0.29) is 17.6 Å². The zero-order valence-corrected chi connectivity index (χ0v) is 15.1. The highest BCUT2D eigenvalue weighted by atomic mass is 16.2. The summed E-state index contributed by atoms with van der Waals surface area (Å²) in [5.41, 5.74) is 7.73. The normalized spacial score (nSPS) is 17.2. The quantitative estimate of drug-likeness (QED) is 0.774. The van der Waals surface area contributed by atoms with Crippen LogP contribution in [0, 0.1) is 0 Å². The molecule has 0 aliphatic carbocycles. The van der Waals surface area contributed by atoms with Gasteiger partial charge in [0, 0.05) is 18.2 Å². The summed E-state index contributed by atoms with van der Waals surface area (Å²) >= 11 is 0. The largest absolute Gasteiger partial charge is 0.364 e. The molecule has 138 valence electrons. The fourth-order valence-corrected chi connectivity index (χ4v) is 3.61. The Morgan fingerprint density at radius 3 is 2.67 bits per heavy atom. The molecule has 0 saturated carbocycles. The molecule has 1 fully saturated rings. The summed E-state index contributed by atoms with van der Waals surface area (Å²) in [6.45, 7) is 2.79. The van der Waals surface area contributed by atoms with Crippen LogP contribution in [0.4, 0.5) is 0 Å². The molecule has 2 amide bonds. The molecule has 0 unspecified atom stereocenters. The third-order valence-corrected chi connectivity index (χ3v) is 5.09. The molecule has 0 bridgehead atoms. The highest BCUT2D eigenvalue weighted by Gasteiger charge is 2.27. The Morgan fingerprint density at radius 1 is 1.19 bits per heavy atom. The number of benzene rings is 1. The van der Waals surface area contributed by atoms with E-state index in [0.29, 0.717) is 17.0 Å². The molecule has 1 aliphatic rings. The lowest BCUT2D eigenvalue weighted by molar-refractivity contribution is 0.0627. The van der Waals surface area contributed by atoms with Crippen LogP contribution in [0.3, 0.4) is 0 Å². The predicted molar refractivity (Wildman–Crippen MR) is 101 cm³/mol. The number of carbonyl (C=O) groups is 2. The van der Waals surface area contributed by atoms with Gasteiger partial charge in [-0.3, -0.25) is 14.0 Å². The Hall–Kier alpha value is -3.22. The van der Waals surface area contributed by atoms with Crippen LogP contribution >= 0.6 is 0 Å². The van der Waals surface area contributed by atoms with E-state index in [9.17, 15) is 9.59 Å². The fraction of sp³-hybridized carbons (Fsp3) is 0.300. The number of nitrogens with two attached hydrogens (primary N) is 1. The van der Waals surface area contributed by atoms with Crippen molar-refractivity contribution in [3.63, 3.8) is 0 Å². The first-order valence-electron chi connectivity index (χ1n) is 9.10. The zero-order chi connectivity index (χ0) is 19.0. The van der Waals surface area contributed by atoms with E-state index in [1.807, 2.05) is 35.2 Å². The number of rotatable bonds is 3. The first kappa shape index (κ1) is 17.2. The van der Waals surface area contributed by atoms with Gasteiger partial charge in [0.1, 0.15) is 12.0 Å². The minimum absolute atomic E-state index is 0.0634. The number of carbonyl (C=O) groups excluding carboxylic acids is 2.